The van der Waals surface area contributed by atoms with Gasteiger partial charge in [-0.3, -0.25) is 4.79 Å². The first-order valence-electron chi connectivity index (χ1n) is 10.9. The van der Waals surface area contributed by atoms with E-state index in [-0.39, 0.29) is 12.5 Å². The van der Waals surface area contributed by atoms with Crippen LogP contribution in [-0.2, 0) is 16.1 Å². The highest BCUT2D eigenvalue weighted by Gasteiger charge is 2.39. The monoisotopic (exact) mass is 416 g/mol. The second-order valence-electron chi connectivity index (χ2n) is 8.68. The average Bonchev–Trinajstić information content (AvgIpc) is 3.34. The van der Waals surface area contributed by atoms with Gasteiger partial charge in [-0.2, -0.15) is 0 Å². The number of ether oxygens (including phenoxy) is 2. The normalized spacial score (nSPS) is 22.8. The number of aryl methyl sites for hydroxylation is 1. The molecule has 3 unspecified atom stereocenters. The molecule has 1 amide bonds. The van der Waals surface area contributed by atoms with Gasteiger partial charge in [-0.25, -0.2) is 4.99 Å². The van der Waals surface area contributed by atoms with Crippen molar-refractivity contribution in [2.75, 3.05) is 41.0 Å². The molecule has 2 fully saturated rings. The number of amides is 1. The molecule has 3 atom stereocenters. The van der Waals surface area contributed by atoms with Crippen molar-refractivity contribution in [3.8, 4) is 5.75 Å². The van der Waals surface area contributed by atoms with Gasteiger partial charge in [0, 0.05) is 32.8 Å². The average molecular weight is 417 g/mol. The number of rotatable bonds is 9. The lowest BCUT2D eigenvalue weighted by Crippen LogP contribution is -2.48. The van der Waals surface area contributed by atoms with Crippen LogP contribution in [0.25, 0.3) is 0 Å². The van der Waals surface area contributed by atoms with Crippen LogP contribution in [0.15, 0.2) is 23.2 Å². The van der Waals surface area contributed by atoms with E-state index in [0.29, 0.717) is 31.8 Å². The highest BCUT2D eigenvalue weighted by Crippen LogP contribution is 2.44. The van der Waals surface area contributed by atoms with E-state index in [4.69, 9.17) is 14.5 Å². The third-order valence-electron chi connectivity index (χ3n) is 6.14. The van der Waals surface area contributed by atoms with Crippen LogP contribution in [0.1, 0.15) is 36.8 Å². The Morgan fingerprint density at radius 1 is 1.23 bits per heavy atom. The van der Waals surface area contributed by atoms with E-state index in [1.807, 2.05) is 13.0 Å². The summed E-state index contributed by atoms with van der Waals surface area (Å²) in [6.45, 7) is 3.80. The van der Waals surface area contributed by atoms with Crippen LogP contribution in [0.4, 0.5) is 0 Å². The van der Waals surface area contributed by atoms with Crippen molar-refractivity contribution in [3.05, 3.63) is 29.3 Å². The van der Waals surface area contributed by atoms with Crippen LogP contribution in [0.5, 0.6) is 5.75 Å². The molecule has 3 rings (SSSR count). The van der Waals surface area contributed by atoms with E-state index in [0.717, 1.165) is 28.7 Å². The molecule has 1 aromatic carbocycles. The number of aliphatic imine (C=N–C) groups is 1. The van der Waals surface area contributed by atoms with E-state index in [2.05, 4.69) is 22.8 Å². The second-order valence-corrected chi connectivity index (χ2v) is 8.68. The molecule has 1 aromatic rings. The number of nitrogens with zero attached hydrogens (tertiary/aromatic N) is 2. The summed E-state index contributed by atoms with van der Waals surface area (Å²) in [5.41, 5.74) is 2.16. The maximum atomic E-state index is 12.1. The van der Waals surface area contributed by atoms with Gasteiger partial charge in [-0.15, -0.1) is 0 Å². The molecule has 30 heavy (non-hydrogen) atoms. The summed E-state index contributed by atoms with van der Waals surface area (Å²) < 4.78 is 11.0. The first-order chi connectivity index (χ1) is 14.5. The maximum Gasteiger partial charge on any atom is 0.241 e. The van der Waals surface area contributed by atoms with E-state index in [1.165, 1.54) is 25.7 Å². The van der Waals surface area contributed by atoms with Gasteiger partial charge in [-0.05, 0) is 49.7 Å². The van der Waals surface area contributed by atoms with Gasteiger partial charge in [0.2, 0.25) is 5.91 Å². The van der Waals surface area contributed by atoms with E-state index in [9.17, 15) is 4.79 Å². The largest absolute Gasteiger partial charge is 0.491 e. The zero-order valence-electron chi connectivity index (χ0n) is 18.7. The van der Waals surface area contributed by atoms with Crippen LogP contribution in [-0.4, -0.2) is 63.8 Å². The summed E-state index contributed by atoms with van der Waals surface area (Å²) in [5.74, 6) is 3.12. The van der Waals surface area contributed by atoms with Gasteiger partial charge in [0.05, 0.1) is 19.7 Å². The maximum absolute atomic E-state index is 12.1. The van der Waals surface area contributed by atoms with Crippen molar-refractivity contribution in [1.82, 2.24) is 15.5 Å². The van der Waals surface area contributed by atoms with Crippen molar-refractivity contribution in [2.24, 2.45) is 16.8 Å². The number of nitrogens with one attached hydrogen (secondary N) is 2. The molecular formula is C23H36N4O3. The summed E-state index contributed by atoms with van der Waals surface area (Å²) >= 11 is 0. The number of carbonyl (C=O) groups excluding carboxylic acids is 1. The highest BCUT2D eigenvalue weighted by atomic mass is 16.5. The fourth-order valence-corrected chi connectivity index (χ4v) is 4.39. The summed E-state index contributed by atoms with van der Waals surface area (Å²) in [6.07, 6.45) is 5.16. The standard InChI is InChI=1S/C23H36N4O3/c1-16-5-7-19(21(11-16)30-10-9-29-4)14-24-23(25-15-22(28)27(2)3)26-20-13-17-6-8-18(20)12-17/h5,7,11,17-18,20H,6,8-10,12-15H2,1-4H3,(H2,24,25,26). The third kappa shape index (κ3) is 6.11. The van der Waals surface area contributed by atoms with Crippen LogP contribution in [0.2, 0.25) is 0 Å². The van der Waals surface area contributed by atoms with E-state index < -0.39 is 0 Å². The minimum atomic E-state index is 0.0244. The topological polar surface area (TPSA) is 75.2 Å². The van der Waals surface area contributed by atoms with Gasteiger partial charge in [0.1, 0.15) is 12.4 Å². The number of fused-ring (bicyclic) bond motifs is 2. The molecule has 0 radical (unpaired) electrons. The summed E-state index contributed by atoms with van der Waals surface area (Å²) in [4.78, 5) is 18.5. The number of methoxy groups -OCH3 is 1. The second kappa shape index (κ2) is 10.7. The first kappa shape index (κ1) is 22.4. The Balaban J connectivity index is 1.69. The van der Waals surface area contributed by atoms with Gasteiger partial charge in [0.25, 0.3) is 0 Å². The Morgan fingerprint density at radius 2 is 2.07 bits per heavy atom. The Hall–Kier alpha value is -2.28. The molecule has 0 spiro atoms. The van der Waals surface area contributed by atoms with Crippen LogP contribution < -0.4 is 15.4 Å². The van der Waals surface area contributed by atoms with Crippen molar-refractivity contribution >= 4 is 11.9 Å². The van der Waals surface area contributed by atoms with Crippen molar-refractivity contribution in [1.29, 1.82) is 0 Å². The minimum absolute atomic E-state index is 0.0244. The number of hydrogen-bond acceptors (Lipinski definition) is 4. The van der Waals surface area contributed by atoms with Gasteiger partial charge >= 0.3 is 0 Å². The number of guanidine groups is 1. The minimum Gasteiger partial charge on any atom is -0.491 e. The van der Waals surface area contributed by atoms with Crippen LogP contribution in [0.3, 0.4) is 0 Å². The summed E-state index contributed by atoms with van der Waals surface area (Å²) in [6, 6.07) is 6.60. The molecule has 2 N–H and O–H groups in total. The van der Waals surface area contributed by atoms with Crippen molar-refractivity contribution < 1.29 is 14.3 Å². The lowest BCUT2D eigenvalue weighted by Gasteiger charge is -2.25. The lowest BCUT2D eigenvalue weighted by atomic mass is 9.95. The molecule has 7 heteroatoms. The van der Waals surface area contributed by atoms with Crippen molar-refractivity contribution in [2.45, 2.75) is 45.2 Å². The number of likely N-dealkylation sites (N-methyl/N-ethyl adjacent to an activating group) is 1. The molecule has 7 nitrogen and oxygen atoms in total. The SMILES string of the molecule is COCCOc1cc(C)ccc1CN=C(NCC(=O)N(C)C)NC1CC2CCC1C2. The molecule has 0 saturated heterocycles. The van der Waals surface area contributed by atoms with E-state index >= 15 is 0 Å². The predicted octanol–water partition coefficient (Wildman–Crippen LogP) is 2.33. The zero-order valence-corrected chi connectivity index (χ0v) is 18.7. The fourth-order valence-electron chi connectivity index (χ4n) is 4.39. The molecule has 0 heterocycles. The van der Waals surface area contributed by atoms with Gasteiger partial charge < -0.3 is 25.0 Å². The number of benzene rings is 1. The smallest absolute Gasteiger partial charge is 0.241 e. The molecule has 2 aliphatic carbocycles. The Labute approximate surface area is 180 Å². The molecule has 166 valence electrons. The third-order valence-corrected chi connectivity index (χ3v) is 6.14. The molecular weight excluding hydrogens is 380 g/mol. The number of hydrogen-bond donors (Lipinski definition) is 2. The van der Waals surface area contributed by atoms with Crippen LogP contribution >= 0.6 is 0 Å². The fraction of sp³-hybridized carbons (Fsp3) is 0.652. The Bertz CT molecular complexity index is 750. The quantitative estimate of drug-likeness (QED) is 0.367. The summed E-state index contributed by atoms with van der Waals surface area (Å²) in [7, 11) is 5.19. The molecule has 2 aliphatic rings. The highest BCUT2D eigenvalue weighted by molar-refractivity contribution is 5.86. The Kier molecular flexibility index (Phi) is 7.96. The van der Waals surface area contributed by atoms with E-state index in [1.54, 1.807) is 26.1 Å². The molecule has 2 saturated carbocycles. The molecule has 0 aromatic heterocycles. The predicted molar refractivity (Wildman–Crippen MR) is 119 cm³/mol. The van der Waals surface area contributed by atoms with Gasteiger partial charge in [0.15, 0.2) is 5.96 Å². The molecule has 2 bridgehead atoms. The van der Waals surface area contributed by atoms with Gasteiger partial charge in [-0.1, -0.05) is 18.6 Å². The Morgan fingerprint density at radius 3 is 2.73 bits per heavy atom. The van der Waals surface area contributed by atoms with Crippen molar-refractivity contribution in [3.63, 3.8) is 0 Å². The number of carbonyl (C=O) groups is 1. The zero-order chi connectivity index (χ0) is 21.5. The van der Waals surface area contributed by atoms with Crippen LogP contribution in [0, 0.1) is 18.8 Å². The first-order valence-corrected chi connectivity index (χ1v) is 10.9. The lowest BCUT2D eigenvalue weighted by molar-refractivity contribution is -0.127. The molecule has 0 aliphatic heterocycles. The summed E-state index contributed by atoms with van der Waals surface area (Å²) in [5, 5.41) is 6.83.